The Kier molecular flexibility index (Phi) is 6.36. The van der Waals surface area contributed by atoms with Crippen LogP contribution in [0.1, 0.15) is 20.8 Å². The van der Waals surface area contributed by atoms with Crippen LogP contribution < -0.4 is 15.4 Å². The lowest BCUT2D eigenvalue weighted by Crippen LogP contribution is -2.34. The lowest BCUT2D eigenvalue weighted by Gasteiger charge is -2.11. The fraction of sp³-hybridized carbons (Fsp3) is 0.429. The highest BCUT2D eigenvalue weighted by molar-refractivity contribution is 5.91. The predicted molar refractivity (Wildman–Crippen MR) is 75.9 cm³/mol. The van der Waals surface area contributed by atoms with Crippen LogP contribution in [0.3, 0.4) is 0 Å². The molecule has 1 rings (SSSR count). The highest BCUT2D eigenvalue weighted by Gasteiger charge is 2.06. The lowest BCUT2D eigenvalue weighted by molar-refractivity contribution is -0.141. The number of carbonyl (C=O) groups is 2. The second-order valence-electron chi connectivity index (χ2n) is 4.30. The molecule has 2 N–H and O–H groups in total. The maximum Gasteiger partial charge on any atom is 0.325 e. The molecule has 0 aromatic heterocycles. The van der Waals surface area contributed by atoms with Crippen molar-refractivity contribution in [3.63, 3.8) is 0 Å². The van der Waals surface area contributed by atoms with Gasteiger partial charge in [0.25, 0.3) is 0 Å². The van der Waals surface area contributed by atoms with E-state index in [0.29, 0.717) is 12.3 Å². The fourth-order valence-electron chi connectivity index (χ4n) is 1.43. The summed E-state index contributed by atoms with van der Waals surface area (Å²) in [7, 11) is 0. The predicted octanol–water partition coefficient (Wildman–Crippen LogP) is 2.16. The van der Waals surface area contributed by atoms with Crippen molar-refractivity contribution in [2.24, 2.45) is 0 Å². The summed E-state index contributed by atoms with van der Waals surface area (Å²) in [5, 5.41) is 5.01. The molecule has 0 bridgehead atoms. The Labute approximate surface area is 118 Å². The molecule has 1 aromatic rings. The van der Waals surface area contributed by atoms with E-state index < -0.39 is 12.0 Å². The lowest BCUT2D eigenvalue weighted by atomic mass is 10.3. The summed E-state index contributed by atoms with van der Waals surface area (Å²) in [6.07, 6.45) is 0.0988. The van der Waals surface area contributed by atoms with Crippen molar-refractivity contribution in [3.8, 4) is 5.75 Å². The average molecular weight is 280 g/mol. The number of amides is 2. The second kappa shape index (κ2) is 8.04. The molecule has 0 heterocycles. The van der Waals surface area contributed by atoms with Crippen LogP contribution in [0.4, 0.5) is 10.5 Å². The van der Waals surface area contributed by atoms with Crippen molar-refractivity contribution < 1.29 is 19.1 Å². The highest BCUT2D eigenvalue weighted by Crippen LogP contribution is 2.16. The van der Waals surface area contributed by atoms with Gasteiger partial charge in [-0.1, -0.05) is 0 Å². The van der Waals surface area contributed by atoms with Crippen LogP contribution in [0.5, 0.6) is 5.75 Å². The molecule has 0 aliphatic heterocycles. The molecule has 0 unspecified atom stereocenters. The molecule has 0 aliphatic rings. The first-order valence-electron chi connectivity index (χ1n) is 6.48. The molecule has 6 nitrogen and oxygen atoms in total. The van der Waals surface area contributed by atoms with Gasteiger partial charge in [0.1, 0.15) is 12.3 Å². The van der Waals surface area contributed by atoms with Crippen LogP contribution in [-0.4, -0.2) is 31.3 Å². The van der Waals surface area contributed by atoms with Gasteiger partial charge < -0.3 is 20.1 Å². The van der Waals surface area contributed by atoms with E-state index in [1.54, 1.807) is 31.2 Å². The molecule has 0 atom stereocenters. The zero-order valence-electron chi connectivity index (χ0n) is 11.9. The van der Waals surface area contributed by atoms with Gasteiger partial charge in [0.05, 0.1) is 12.7 Å². The number of anilines is 1. The Bertz CT molecular complexity index is 443. The summed E-state index contributed by atoms with van der Waals surface area (Å²) in [5.74, 6) is 0.265. The van der Waals surface area contributed by atoms with Crippen molar-refractivity contribution in [3.05, 3.63) is 24.3 Å². The normalized spacial score (nSPS) is 10.0. The van der Waals surface area contributed by atoms with E-state index in [1.165, 1.54) is 0 Å². The standard InChI is InChI=1S/C14H20N2O4/c1-4-19-13(17)9-15-14(18)16-11-5-7-12(8-6-11)20-10(2)3/h5-8,10H,4,9H2,1-3H3,(H2,15,16,18). The van der Waals surface area contributed by atoms with E-state index in [-0.39, 0.29) is 12.6 Å². The summed E-state index contributed by atoms with van der Waals surface area (Å²) >= 11 is 0. The van der Waals surface area contributed by atoms with E-state index >= 15 is 0 Å². The van der Waals surface area contributed by atoms with Crippen molar-refractivity contribution in [1.29, 1.82) is 0 Å². The molecule has 110 valence electrons. The Morgan fingerprint density at radius 2 is 1.85 bits per heavy atom. The highest BCUT2D eigenvalue weighted by atomic mass is 16.5. The zero-order chi connectivity index (χ0) is 15.0. The van der Waals surface area contributed by atoms with Gasteiger partial charge in [-0.15, -0.1) is 0 Å². The number of nitrogens with one attached hydrogen (secondary N) is 2. The number of hydrogen-bond donors (Lipinski definition) is 2. The van der Waals surface area contributed by atoms with Crippen LogP contribution in [0, 0.1) is 0 Å². The Morgan fingerprint density at radius 3 is 2.40 bits per heavy atom. The van der Waals surface area contributed by atoms with Crippen LogP contribution in [-0.2, 0) is 9.53 Å². The van der Waals surface area contributed by atoms with Crippen LogP contribution in [0.25, 0.3) is 0 Å². The molecule has 20 heavy (non-hydrogen) atoms. The molecule has 0 fully saturated rings. The first kappa shape index (κ1) is 15.8. The van der Waals surface area contributed by atoms with E-state index in [0.717, 1.165) is 5.75 Å². The summed E-state index contributed by atoms with van der Waals surface area (Å²) < 4.78 is 10.2. The van der Waals surface area contributed by atoms with Gasteiger partial charge >= 0.3 is 12.0 Å². The van der Waals surface area contributed by atoms with E-state index in [2.05, 4.69) is 10.6 Å². The van der Waals surface area contributed by atoms with E-state index in [1.807, 2.05) is 13.8 Å². The minimum atomic E-state index is -0.469. The number of urea groups is 1. The molecular formula is C14H20N2O4. The largest absolute Gasteiger partial charge is 0.491 e. The minimum absolute atomic E-state index is 0.0988. The molecule has 0 saturated carbocycles. The molecule has 6 heteroatoms. The maximum atomic E-state index is 11.5. The molecule has 0 aliphatic carbocycles. The Balaban J connectivity index is 2.40. The molecule has 1 aromatic carbocycles. The first-order valence-corrected chi connectivity index (χ1v) is 6.48. The Hall–Kier alpha value is -2.24. The third-order valence-electron chi connectivity index (χ3n) is 2.18. The monoisotopic (exact) mass is 280 g/mol. The second-order valence-corrected chi connectivity index (χ2v) is 4.30. The van der Waals surface area contributed by atoms with Gasteiger partial charge in [-0.3, -0.25) is 4.79 Å². The molecule has 0 saturated heterocycles. The third-order valence-corrected chi connectivity index (χ3v) is 2.18. The van der Waals surface area contributed by atoms with Crippen molar-refractivity contribution in [2.45, 2.75) is 26.9 Å². The molecule has 2 amide bonds. The van der Waals surface area contributed by atoms with Crippen molar-refractivity contribution >= 4 is 17.7 Å². The van der Waals surface area contributed by atoms with Crippen molar-refractivity contribution in [1.82, 2.24) is 5.32 Å². The number of hydrogen-bond acceptors (Lipinski definition) is 4. The van der Waals surface area contributed by atoms with Gasteiger partial charge in [-0.25, -0.2) is 4.79 Å². The van der Waals surface area contributed by atoms with E-state index in [4.69, 9.17) is 9.47 Å². The van der Waals surface area contributed by atoms with Gasteiger partial charge in [-0.05, 0) is 45.0 Å². The molecule has 0 spiro atoms. The number of rotatable bonds is 6. The van der Waals surface area contributed by atoms with Gasteiger partial charge in [0.2, 0.25) is 0 Å². The number of esters is 1. The van der Waals surface area contributed by atoms with Crippen LogP contribution >= 0.6 is 0 Å². The quantitative estimate of drug-likeness (QED) is 0.783. The number of benzene rings is 1. The van der Waals surface area contributed by atoms with Crippen LogP contribution in [0.2, 0.25) is 0 Å². The number of carbonyl (C=O) groups excluding carboxylic acids is 2. The summed E-state index contributed by atoms with van der Waals surface area (Å²) in [4.78, 5) is 22.6. The van der Waals surface area contributed by atoms with E-state index in [9.17, 15) is 9.59 Å². The van der Waals surface area contributed by atoms with Crippen molar-refractivity contribution in [2.75, 3.05) is 18.5 Å². The SMILES string of the molecule is CCOC(=O)CNC(=O)Nc1ccc(OC(C)C)cc1. The van der Waals surface area contributed by atoms with Gasteiger partial charge in [0.15, 0.2) is 0 Å². The van der Waals surface area contributed by atoms with Gasteiger partial charge in [0, 0.05) is 5.69 Å². The Morgan fingerprint density at radius 1 is 1.20 bits per heavy atom. The maximum absolute atomic E-state index is 11.5. The average Bonchev–Trinajstić information content (AvgIpc) is 2.38. The van der Waals surface area contributed by atoms with Crippen LogP contribution in [0.15, 0.2) is 24.3 Å². The first-order chi connectivity index (χ1) is 9.51. The summed E-state index contributed by atoms with van der Waals surface area (Å²) in [5.41, 5.74) is 0.613. The minimum Gasteiger partial charge on any atom is -0.491 e. The molecular weight excluding hydrogens is 260 g/mol. The zero-order valence-corrected chi connectivity index (χ0v) is 11.9. The smallest absolute Gasteiger partial charge is 0.325 e. The fourth-order valence-corrected chi connectivity index (χ4v) is 1.43. The summed E-state index contributed by atoms with van der Waals surface area (Å²) in [6.45, 7) is 5.72. The van der Waals surface area contributed by atoms with Gasteiger partial charge in [-0.2, -0.15) is 0 Å². The molecule has 0 radical (unpaired) electrons. The third kappa shape index (κ3) is 6.08. The topological polar surface area (TPSA) is 76.7 Å². The summed E-state index contributed by atoms with van der Waals surface area (Å²) in [6, 6.07) is 6.51. The number of ether oxygens (including phenoxy) is 2.